The molecule has 0 aliphatic rings. The number of alkyl halides is 6. The van der Waals surface area contributed by atoms with E-state index in [1.807, 2.05) is 5.32 Å². The summed E-state index contributed by atoms with van der Waals surface area (Å²) in [7, 11) is 0. The highest BCUT2D eigenvalue weighted by Gasteiger charge is 2.58. The van der Waals surface area contributed by atoms with E-state index in [-0.39, 0.29) is 11.4 Å². The summed E-state index contributed by atoms with van der Waals surface area (Å²) >= 11 is 5.45. The van der Waals surface area contributed by atoms with Crippen LogP contribution in [0.15, 0.2) is 34.7 Å². The number of anilines is 1. The van der Waals surface area contributed by atoms with Crippen LogP contribution in [0, 0.1) is 6.92 Å². The van der Waals surface area contributed by atoms with Crippen LogP contribution in [0.5, 0.6) is 0 Å². The lowest BCUT2D eigenvalue weighted by molar-refractivity contribution is -0.275. The molecule has 1 aromatic heterocycles. The average molecular weight is 474 g/mol. The zero-order chi connectivity index (χ0) is 23.6. The Kier molecular flexibility index (Phi) is 6.96. The number of halogens is 7. The van der Waals surface area contributed by atoms with E-state index in [0.29, 0.717) is 6.07 Å². The first kappa shape index (κ1) is 24.5. The molecule has 1 heterocycles. The number of hydrogen-bond acceptors (Lipinski definition) is 5. The number of esters is 1. The Morgan fingerprint density at radius 2 is 1.77 bits per heavy atom. The Labute approximate surface area is 175 Å². The van der Waals surface area contributed by atoms with E-state index in [1.54, 1.807) is 0 Å². The fraction of sp³-hybridized carbons (Fsp3) is 0.333. The van der Waals surface area contributed by atoms with Gasteiger partial charge in [-0.1, -0.05) is 11.6 Å². The maximum absolute atomic E-state index is 13.3. The quantitative estimate of drug-likeness (QED) is 0.473. The van der Waals surface area contributed by atoms with Gasteiger partial charge in [0.25, 0.3) is 5.91 Å². The van der Waals surface area contributed by atoms with Gasteiger partial charge in [0.1, 0.15) is 11.5 Å². The minimum absolute atomic E-state index is 0.0478. The second kappa shape index (κ2) is 8.79. The second-order valence-electron chi connectivity index (χ2n) is 6.35. The molecule has 0 fully saturated rings. The number of aryl methyl sites for hydroxylation is 1. The Morgan fingerprint density at radius 3 is 2.29 bits per heavy atom. The van der Waals surface area contributed by atoms with Crippen LogP contribution in [0.25, 0.3) is 0 Å². The summed E-state index contributed by atoms with van der Waals surface area (Å²) in [5.41, 5.74) is -5.27. The van der Waals surface area contributed by atoms with E-state index in [9.17, 15) is 41.0 Å². The van der Waals surface area contributed by atoms with E-state index in [2.05, 4.69) is 4.74 Å². The van der Waals surface area contributed by atoms with Gasteiger partial charge in [-0.25, -0.2) is 0 Å². The smallest absolute Gasteiger partial charge is 0.425 e. The van der Waals surface area contributed by atoms with Gasteiger partial charge in [0.05, 0.1) is 17.0 Å². The van der Waals surface area contributed by atoms with Gasteiger partial charge in [-0.15, -0.1) is 0 Å². The molecule has 13 heteroatoms. The predicted octanol–water partition coefficient (Wildman–Crippen LogP) is 4.58. The molecule has 1 atom stereocenters. The normalized spacial score (nSPS) is 14.1. The van der Waals surface area contributed by atoms with Crippen molar-refractivity contribution in [1.29, 1.82) is 0 Å². The Balaban J connectivity index is 2.03. The standard InChI is InChI=1S/C18H14ClF6NO5/c1-9-2-5-13(31-9)16(29,18(23,24)25)7-15(28)30-8-14(27)26-10-3-4-12(19)11(6-10)17(20,21)22/h2-6,29H,7-8H2,1H3,(H,26,27)/t16-/m1/s1. The maximum Gasteiger partial charge on any atom is 0.425 e. The molecule has 1 aromatic carbocycles. The SMILES string of the molecule is Cc1ccc([C@](O)(CC(=O)OCC(=O)Nc2ccc(Cl)c(C(F)(F)F)c2)C(F)(F)F)o1. The minimum Gasteiger partial charge on any atom is -0.463 e. The summed E-state index contributed by atoms with van der Waals surface area (Å²) < 4.78 is 87.6. The van der Waals surface area contributed by atoms with Crippen molar-refractivity contribution in [3.05, 3.63) is 52.4 Å². The largest absolute Gasteiger partial charge is 0.463 e. The molecular weight excluding hydrogens is 460 g/mol. The van der Waals surface area contributed by atoms with Crippen molar-refractivity contribution < 1.29 is 50.2 Å². The third-order valence-corrected chi connectivity index (χ3v) is 4.27. The van der Waals surface area contributed by atoms with Crippen molar-refractivity contribution in [1.82, 2.24) is 0 Å². The molecule has 2 rings (SSSR count). The first-order chi connectivity index (χ1) is 14.1. The second-order valence-corrected chi connectivity index (χ2v) is 6.75. The molecule has 0 aliphatic carbocycles. The van der Waals surface area contributed by atoms with Crippen LogP contribution in [0.4, 0.5) is 32.0 Å². The van der Waals surface area contributed by atoms with E-state index in [4.69, 9.17) is 16.0 Å². The number of benzene rings is 1. The van der Waals surface area contributed by atoms with Gasteiger partial charge in [0.2, 0.25) is 5.60 Å². The van der Waals surface area contributed by atoms with Crippen LogP contribution in [0.1, 0.15) is 23.5 Å². The van der Waals surface area contributed by atoms with Crippen LogP contribution in [-0.2, 0) is 26.1 Å². The number of amides is 1. The summed E-state index contributed by atoms with van der Waals surface area (Å²) in [6.07, 6.45) is -11.7. The van der Waals surface area contributed by atoms with Gasteiger partial charge in [-0.2, -0.15) is 26.3 Å². The topological polar surface area (TPSA) is 88.8 Å². The molecule has 0 bridgehead atoms. The molecule has 0 saturated heterocycles. The Hall–Kier alpha value is -2.73. The summed E-state index contributed by atoms with van der Waals surface area (Å²) in [5, 5.41) is 11.4. The molecule has 0 aliphatic heterocycles. The zero-order valence-electron chi connectivity index (χ0n) is 15.5. The highest BCUT2D eigenvalue weighted by molar-refractivity contribution is 6.31. The predicted molar refractivity (Wildman–Crippen MR) is 94.1 cm³/mol. The van der Waals surface area contributed by atoms with Crippen molar-refractivity contribution in [3.8, 4) is 0 Å². The maximum atomic E-state index is 13.3. The molecular formula is C18H14ClF6NO5. The van der Waals surface area contributed by atoms with Crippen LogP contribution in [0.3, 0.4) is 0 Å². The molecule has 31 heavy (non-hydrogen) atoms. The van der Waals surface area contributed by atoms with Crippen LogP contribution >= 0.6 is 11.6 Å². The van der Waals surface area contributed by atoms with Crippen molar-refractivity contribution in [3.63, 3.8) is 0 Å². The number of aliphatic hydroxyl groups is 1. The molecule has 0 spiro atoms. The van der Waals surface area contributed by atoms with Gasteiger partial charge in [-0.3, -0.25) is 9.59 Å². The zero-order valence-corrected chi connectivity index (χ0v) is 16.3. The number of nitrogens with one attached hydrogen (secondary N) is 1. The average Bonchev–Trinajstić information content (AvgIpc) is 3.06. The lowest BCUT2D eigenvalue weighted by Crippen LogP contribution is -2.44. The molecule has 0 saturated carbocycles. The number of hydrogen-bond donors (Lipinski definition) is 2. The Bertz CT molecular complexity index is 971. The highest BCUT2D eigenvalue weighted by Crippen LogP contribution is 2.42. The van der Waals surface area contributed by atoms with E-state index >= 15 is 0 Å². The van der Waals surface area contributed by atoms with Gasteiger partial charge in [0.15, 0.2) is 6.61 Å². The van der Waals surface area contributed by atoms with Gasteiger partial charge >= 0.3 is 18.3 Å². The number of carbonyl (C=O) groups excluding carboxylic acids is 2. The number of furan rings is 1. The first-order valence-electron chi connectivity index (χ1n) is 8.32. The third-order valence-electron chi connectivity index (χ3n) is 3.94. The van der Waals surface area contributed by atoms with Crippen molar-refractivity contribution >= 4 is 29.2 Å². The number of ether oxygens (including phenoxy) is 1. The summed E-state index contributed by atoms with van der Waals surface area (Å²) in [4.78, 5) is 23.6. The monoisotopic (exact) mass is 473 g/mol. The van der Waals surface area contributed by atoms with Crippen molar-refractivity contribution in [2.45, 2.75) is 31.3 Å². The van der Waals surface area contributed by atoms with Gasteiger partial charge in [-0.05, 0) is 37.3 Å². The third kappa shape index (κ3) is 5.91. The van der Waals surface area contributed by atoms with Gasteiger partial charge < -0.3 is 19.6 Å². The molecule has 2 aromatic rings. The number of rotatable bonds is 6. The van der Waals surface area contributed by atoms with E-state index < -0.39 is 59.2 Å². The summed E-state index contributed by atoms with van der Waals surface area (Å²) in [6.45, 7) is 0.206. The lowest BCUT2D eigenvalue weighted by atomic mass is 9.96. The Morgan fingerprint density at radius 1 is 1.13 bits per heavy atom. The van der Waals surface area contributed by atoms with Crippen molar-refractivity contribution in [2.24, 2.45) is 0 Å². The summed E-state index contributed by atoms with van der Waals surface area (Å²) in [6, 6.07) is 4.43. The van der Waals surface area contributed by atoms with Crippen LogP contribution in [0.2, 0.25) is 5.02 Å². The van der Waals surface area contributed by atoms with Crippen molar-refractivity contribution in [2.75, 3.05) is 11.9 Å². The van der Waals surface area contributed by atoms with Crippen LogP contribution in [-0.4, -0.2) is 29.8 Å². The minimum atomic E-state index is -5.31. The molecule has 2 N–H and O–H groups in total. The molecule has 1 amide bonds. The highest BCUT2D eigenvalue weighted by atomic mass is 35.5. The molecule has 0 radical (unpaired) electrons. The van der Waals surface area contributed by atoms with Gasteiger partial charge in [0, 0.05) is 5.69 Å². The molecule has 170 valence electrons. The fourth-order valence-corrected chi connectivity index (χ4v) is 2.63. The fourth-order valence-electron chi connectivity index (χ4n) is 2.41. The first-order valence-corrected chi connectivity index (χ1v) is 8.69. The van der Waals surface area contributed by atoms with E-state index in [1.165, 1.54) is 6.92 Å². The van der Waals surface area contributed by atoms with E-state index in [0.717, 1.165) is 24.3 Å². The molecule has 6 nitrogen and oxygen atoms in total. The summed E-state index contributed by atoms with van der Waals surface area (Å²) in [5.74, 6) is -3.63. The van der Waals surface area contributed by atoms with Crippen LogP contribution < -0.4 is 5.32 Å². The lowest BCUT2D eigenvalue weighted by Gasteiger charge is -2.27. The number of carbonyl (C=O) groups is 2. The molecule has 0 unspecified atom stereocenters.